The lowest BCUT2D eigenvalue weighted by Crippen LogP contribution is -2.73. The minimum atomic E-state index is -3.76. The van der Waals surface area contributed by atoms with E-state index in [1.807, 2.05) is 0 Å². The molecule has 0 bridgehead atoms. The maximum atomic E-state index is 13.0. The van der Waals surface area contributed by atoms with Crippen molar-refractivity contribution >= 4 is 15.8 Å². The molecule has 0 amide bonds. The number of carbonyl (C=O) groups is 1. The minimum Gasteiger partial charge on any atom is -0.461 e. The van der Waals surface area contributed by atoms with E-state index in [0.29, 0.717) is 0 Å². The van der Waals surface area contributed by atoms with Gasteiger partial charge >= 0.3 is 0 Å². The number of rotatable bonds is 5. The van der Waals surface area contributed by atoms with Gasteiger partial charge in [-0.1, -0.05) is 23.0 Å². The highest BCUT2D eigenvalue weighted by atomic mass is 32.2. The lowest BCUT2D eigenvalue weighted by atomic mass is 10.1. The van der Waals surface area contributed by atoms with E-state index in [9.17, 15) is 13.2 Å². The number of ketones is 1. The number of nitrogens with one attached hydrogen (secondary N) is 1. The van der Waals surface area contributed by atoms with E-state index in [2.05, 4.69) is 5.27 Å². The van der Waals surface area contributed by atoms with E-state index in [-0.39, 0.29) is 41.6 Å². The van der Waals surface area contributed by atoms with Crippen molar-refractivity contribution in [3.05, 3.63) is 66.2 Å². The first-order valence-electron chi connectivity index (χ1n) is 8.47. The standard InChI is InChI=1S/C17H17N5O5S/c18-16-12-22(19-27-16)21-9-8-20(28(24,25)13-5-2-1-3-6-13)11-14(21)17(23)15-7-4-10-26-15/h1-7,10,12,14,18H,8-9,11H2. The van der Waals surface area contributed by atoms with Crippen molar-refractivity contribution < 1.29 is 26.9 Å². The first-order chi connectivity index (χ1) is 13.5. The number of piperazine rings is 1. The van der Waals surface area contributed by atoms with Gasteiger partial charge in [-0.15, -0.1) is 0 Å². The SMILES string of the molecule is N=c1c[n+](N2CCN(S(=O)(=O)c3ccccc3)CC2C(=O)c2ccco2)[n-]o1. The summed E-state index contributed by atoms with van der Waals surface area (Å²) in [5, 5.41) is 12.8. The minimum absolute atomic E-state index is 0.0933. The van der Waals surface area contributed by atoms with Crippen LogP contribution in [0.5, 0.6) is 0 Å². The van der Waals surface area contributed by atoms with Crippen LogP contribution < -0.4 is 20.6 Å². The second-order valence-electron chi connectivity index (χ2n) is 6.18. The Labute approximate surface area is 160 Å². The monoisotopic (exact) mass is 403 g/mol. The lowest BCUT2D eigenvalue weighted by Gasteiger charge is -2.39. The predicted molar refractivity (Wildman–Crippen MR) is 93.2 cm³/mol. The van der Waals surface area contributed by atoms with Crippen LogP contribution in [0.1, 0.15) is 10.6 Å². The predicted octanol–water partition coefficient (Wildman–Crippen LogP) is -0.509. The molecule has 1 unspecified atom stereocenters. The van der Waals surface area contributed by atoms with Crippen LogP contribution in [0.4, 0.5) is 0 Å². The Balaban J connectivity index is 1.68. The molecule has 1 atom stereocenters. The summed E-state index contributed by atoms with van der Waals surface area (Å²) >= 11 is 0. The summed E-state index contributed by atoms with van der Waals surface area (Å²) in [6.07, 6.45) is 2.69. The summed E-state index contributed by atoms with van der Waals surface area (Å²) in [5.74, 6) is -0.274. The number of carbonyl (C=O) groups excluding carboxylic acids is 1. The molecule has 0 saturated carbocycles. The third kappa shape index (κ3) is 3.25. The highest BCUT2D eigenvalue weighted by Crippen LogP contribution is 2.20. The first-order valence-corrected chi connectivity index (χ1v) is 9.91. The van der Waals surface area contributed by atoms with Crippen LogP contribution in [-0.4, -0.2) is 44.2 Å². The molecule has 2 aromatic heterocycles. The molecule has 3 heterocycles. The van der Waals surface area contributed by atoms with Gasteiger partial charge in [0.05, 0.1) is 17.2 Å². The van der Waals surface area contributed by atoms with Crippen molar-refractivity contribution in [1.82, 2.24) is 9.58 Å². The van der Waals surface area contributed by atoms with Gasteiger partial charge in [0.25, 0.3) is 11.8 Å². The van der Waals surface area contributed by atoms with Crippen LogP contribution >= 0.6 is 0 Å². The Bertz CT molecular complexity index is 1120. The molecule has 1 N–H and O–H groups in total. The highest BCUT2D eigenvalue weighted by molar-refractivity contribution is 7.89. The average molecular weight is 403 g/mol. The van der Waals surface area contributed by atoms with Gasteiger partial charge in [-0.05, 0) is 29.5 Å². The van der Waals surface area contributed by atoms with E-state index in [4.69, 9.17) is 14.3 Å². The number of hydrogen-bond acceptors (Lipinski definition) is 7. The number of sulfonamides is 1. The van der Waals surface area contributed by atoms with Crippen molar-refractivity contribution in [3.63, 3.8) is 0 Å². The van der Waals surface area contributed by atoms with Crippen LogP contribution in [0.15, 0.2) is 68.8 Å². The molecule has 0 spiro atoms. The Morgan fingerprint density at radius 3 is 2.61 bits per heavy atom. The van der Waals surface area contributed by atoms with Crippen LogP contribution in [-0.2, 0) is 10.0 Å². The molecular formula is C17H17N5O5S. The summed E-state index contributed by atoms with van der Waals surface area (Å²) in [4.78, 5) is 14.4. The highest BCUT2D eigenvalue weighted by Gasteiger charge is 2.39. The molecule has 1 aliphatic rings. The first kappa shape index (κ1) is 18.2. The third-order valence-corrected chi connectivity index (χ3v) is 6.36. The molecule has 1 aromatic carbocycles. The molecule has 1 saturated heterocycles. The molecule has 0 radical (unpaired) electrons. The second kappa shape index (κ2) is 7.09. The van der Waals surface area contributed by atoms with Gasteiger partial charge < -0.3 is 8.94 Å². The van der Waals surface area contributed by atoms with Crippen LogP contribution in [0.2, 0.25) is 0 Å². The van der Waals surface area contributed by atoms with Crippen molar-refractivity contribution in [1.29, 1.82) is 5.41 Å². The molecule has 0 aliphatic carbocycles. The quantitative estimate of drug-likeness (QED) is 0.449. The molecular weight excluding hydrogens is 386 g/mol. The van der Waals surface area contributed by atoms with Gasteiger partial charge in [0.2, 0.25) is 15.8 Å². The largest absolute Gasteiger partial charge is 0.461 e. The molecule has 146 valence electrons. The smallest absolute Gasteiger partial charge is 0.286 e. The van der Waals surface area contributed by atoms with Crippen molar-refractivity contribution in [2.45, 2.75) is 10.9 Å². The zero-order valence-electron chi connectivity index (χ0n) is 14.6. The van der Waals surface area contributed by atoms with Crippen molar-refractivity contribution in [2.24, 2.45) is 0 Å². The second-order valence-corrected chi connectivity index (χ2v) is 8.12. The number of nitrogens with zero attached hydrogens (tertiary/aromatic N) is 4. The maximum absolute atomic E-state index is 13.0. The molecule has 28 heavy (non-hydrogen) atoms. The normalized spacial score (nSPS) is 18.3. The van der Waals surface area contributed by atoms with Gasteiger partial charge in [-0.2, -0.15) is 4.31 Å². The Kier molecular flexibility index (Phi) is 4.61. The van der Waals surface area contributed by atoms with E-state index in [0.717, 1.165) is 0 Å². The van der Waals surface area contributed by atoms with Gasteiger partial charge in [0.1, 0.15) is 0 Å². The fraction of sp³-hybridized carbons (Fsp3) is 0.235. The lowest BCUT2D eigenvalue weighted by molar-refractivity contribution is -0.766. The fourth-order valence-electron chi connectivity index (χ4n) is 3.11. The fourth-order valence-corrected chi connectivity index (χ4v) is 4.57. The van der Waals surface area contributed by atoms with E-state index in [1.54, 1.807) is 29.3 Å². The summed E-state index contributed by atoms with van der Waals surface area (Å²) in [7, 11) is -3.76. The zero-order chi connectivity index (χ0) is 19.7. The van der Waals surface area contributed by atoms with E-state index in [1.165, 1.54) is 39.8 Å². The van der Waals surface area contributed by atoms with Crippen LogP contribution in [0.3, 0.4) is 0 Å². The molecule has 1 fully saturated rings. The number of furan rings is 1. The van der Waals surface area contributed by atoms with E-state index < -0.39 is 16.1 Å². The number of hydrogen-bond donors (Lipinski definition) is 1. The number of aromatic nitrogens is 2. The molecule has 10 nitrogen and oxygen atoms in total. The average Bonchev–Trinajstić information content (AvgIpc) is 3.39. The molecule has 11 heteroatoms. The molecule has 1 aliphatic heterocycles. The van der Waals surface area contributed by atoms with Gasteiger partial charge in [-0.25, -0.2) is 8.42 Å². The number of benzene rings is 1. The van der Waals surface area contributed by atoms with Gasteiger partial charge in [0.15, 0.2) is 5.76 Å². The number of Topliss-reactive ketones (excluding diaryl/α,β-unsaturated/α-hetero) is 1. The topological polar surface area (TPSA) is 126 Å². The van der Waals surface area contributed by atoms with Crippen molar-refractivity contribution in [2.75, 3.05) is 24.6 Å². The maximum Gasteiger partial charge on any atom is 0.286 e. The summed E-state index contributed by atoms with van der Waals surface area (Å²) in [6.45, 7) is 0.232. The Hall–Kier alpha value is -3.18. The van der Waals surface area contributed by atoms with Gasteiger partial charge in [0, 0.05) is 19.6 Å². The van der Waals surface area contributed by atoms with Crippen molar-refractivity contribution in [3.8, 4) is 0 Å². The third-order valence-electron chi connectivity index (χ3n) is 4.48. The zero-order valence-corrected chi connectivity index (χ0v) is 15.4. The van der Waals surface area contributed by atoms with Crippen LogP contribution in [0.25, 0.3) is 0 Å². The summed E-state index contributed by atoms with van der Waals surface area (Å²) in [5.41, 5.74) is -0.177. The molecule has 4 rings (SSSR count). The summed E-state index contributed by atoms with van der Waals surface area (Å²) in [6, 6.07) is 10.3. The Morgan fingerprint density at radius 2 is 1.96 bits per heavy atom. The summed E-state index contributed by atoms with van der Waals surface area (Å²) < 4.78 is 37.2. The Morgan fingerprint density at radius 1 is 1.18 bits per heavy atom. The van der Waals surface area contributed by atoms with Crippen LogP contribution in [0, 0.1) is 5.41 Å². The van der Waals surface area contributed by atoms with E-state index >= 15 is 0 Å². The molecule has 3 aromatic rings. The van der Waals surface area contributed by atoms with Gasteiger partial charge in [-0.3, -0.25) is 15.2 Å².